The van der Waals surface area contributed by atoms with E-state index in [1.165, 1.54) is 12.1 Å². The van der Waals surface area contributed by atoms with Gasteiger partial charge in [-0.1, -0.05) is 77.5 Å². The minimum Gasteiger partial charge on any atom is -0.334 e. The SMILES string of the molecule is CC1=C(c2nc(-c3ccccc3)no2)C(c2cccc(F)c2)NC(=O)N1Cc1ccc(C)cc1. The molecule has 1 atom stereocenters. The molecule has 3 aromatic carbocycles. The summed E-state index contributed by atoms with van der Waals surface area (Å²) in [5, 5.41) is 7.16. The van der Waals surface area contributed by atoms with Gasteiger partial charge in [0.25, 0.3) is 5.89 Å². The van der Waals surface area contributed by atoms with Crippen LogP contribution in [0.3, 0.4) is 0 Å². The minimum absolute atomic E-state index is 0.277. The average molecular weight is 455 g/mol. The minimum atomic E-state index is -0.637. The fourth-order valence-electron chi connectivity index (χ4n) is 4.10. The number of carbonyl (C=O) groups excluding carboxylic acids is 1. The lowest BCUT2D eigenvalue weighted by Gasteiger charge is -2.35. The van der Waals surface area contributed by atoms with Gasteiger partial charge in [-0.15, -0.1) is 0 Å². The van der Waals surface area contributed by atoms with Gasteiger partial charge >= 0.3 is 6.03 Å². The fraction of sp³-hybridized carbons (Fsp3) is 0.148. The van der Waals surface area contributed by atoms with Gasteiger partial charge in [0.15, 0.2) is 0 Å². The summed E-state index contributed by atoms with van der Waals surface area (Å²) in [6.07, 6.45) is 0. The third kappa shape index (κ3) is 4.20. The zero-order chi connectivity index (χ0) is 23.7. The molecule has 1 aliphatic rings. The number of hydrogen-bond acceptors (Lipinski definition) is 4. The molecular formula is C27H23FN4O2. The summed E-state index contributed by atoms with van der Waals surface area (Å²) in [5.74, 6) is 0.330. The van der Waals surface area contributed by atoms with Crippen LogP contribution in [0.25, 0.3) is 17.0 Å². The molecule has 0 radical (unpaired) electrons. The van der Waals surface area contributed by atoms with Crippen LogP contribution in [0.1, 0.15) is 35.5 Å². The zero-order valence-electron chi connectivity index (χ0n) is 18.8. The van der Waals surface area contributed by atoms with E-state index in [-0.39, 0.29) is 17.7 Å². The maximum absolute atomic E-state index is 14.1. The van der Waals surface area contributed by atoms with Crippen LogP contribution in [0, 0.1) is 12.7 Å². The summed E-state index contributed by atoms with van der Waals surface area (Å²) < 4.78 is 19.7. The molecule has 170 valence electrons. The van der Waals surface area contributed by atoms with Gasteiger partial charge in [0.1, 0.15) is 5.82 Å². The van der Waals surface area contributed by atoms with Crippen LogP contribution >= 0.6 is 0 Å². The lowest BCUT2D eigenvalue weighted by Crippen LogP contribution is -2.45. The molecule has 4 aromatic rings. The van der Waals surface area contributed by atoms with Crippen molar-refractivity contribution in [1.29, 1.82) is 0 Å². The largest absolute Gasteiger partial charge is 0.334 e. The number of nitrogens with zero attached hydrogens (tertiary/aromatic N) is 3. The lowest BCUT2D eigenvalue weighted by atomic mass is 9.94. The molecule has 2 heterocycles. The number of benzene rings is 3. The van der Waals surface area contributed by atoms with E-state index < -0.39 is 6.04 Å². The van der Waals surface area contributed by atoms with Crippen molar-refractivity contribution >= 4 is 11.6 Å². The molecular weight excluding hydrogens is 431 g/mol. The predicted octanol–water partition coefficient (Wildman–Crippen LogP) is 5.88. The van der Waals surface area contributed by atoms with Gasteiger partial charge in [-0.3, -0.25) is 4.90 Å². The Morgan fingerprint density at radius 1 is 1.00 bits per heavy atom. The number of amides is 2. The predicted molar refractivity (Wildman–Crippen MR) is 127 cm³/mol. The Hall–Kier alpha value is -4.26. The summed E-state index contributed by atoms with van der Waals surface area (Å²) >= 11 is 0. The number of halogens is 1. The first kappa shape index (κ1) is 21.6. The zero-order valence-corrected chi connectivity index (χ0v) is 18.8. The summed E-state index contributed by atoms with van der Waals surface area (Å²) in [4.78, 5) is 19.4. The number of urea groups is 1. The number of aryl methyl sites for hydroxylation is 1. The molecule has 1 aromatic heterocycles. The van der Waals surface area contributed by atoms with Gasteiger partial charge in [-0.25, -0.2) is 9.18 Å². The molecule has 1 aliphatic heterocycles. The normalized spacial score (nSPS) is 16.0. The van der Waals surface area contributed by atoms with Crippen molar-refractivity contribution in [3.8, 4) is 11.4 Å². The number of aromatic nitrogens is 2. The summed E-state index contributed by atoms with van der Waals surface area (Å²) in [7, 11) is 0. The molecule has 5 rings (SSSR count). The van der Waals surface area contributed by atoms with Crippen LogP contribution in [-0.4, -0.2) is 21.1 Å². The lowest BCUT2D eigenvalue weighted by molar-refractivity contribution is 0.203. The van der Waals surface area contributed by atoms with E-state index in [4.69, 9.17) is 4.52 Å². The highest BCUT2D eigenvalue weighted by Crippen LogP contribution is 2.38. The molecule has 0 fully saturated rings. The molecule has 7 heteroatoms. The second kappa shape index (κ2) is 8.94. The Balaban J connectivity index is 1.60. The van der Waals surface area contributed by atoms with Crippen molar-refractivity contribution in [2.45, 2.75) is 26.4 Å². The van der Waals surface area contributed by atoms with Crippen LogP contribution in [0.2, 0.25) is 0 Å². The molecule has 1 unspecified atom stereocenters. The van der Waals surface area contributed by atoms with E-state index in [9.17, 15) is 9.18 Å². The Kier molecular flexibility index (Phi) is 5.67. The van der Waals surface area contributed by atoms with Gasteiger partial charge < -0.3 is 9.84 Å². The Bertz CT molecular complexity index is 1360. The van der Waals surface area contributed by atoms with Crippen molar-refractivity contribution in [2.75, 3.05) is 0 Å². The molecule has 0 spiro atoms. The Labute approximate surface area is 196 Å². The highest BCUT2D eigenvalue weighted by atomic mass is 19.1. The van der Waals surface area contributed by atoms with Crippen molar-refractivity contribution in [2.24, 2.45) is 0 Å². The van der Waals surface area contributed by atoms with Crippen LogP contribution in [-0.2, 0) is 6.54 Å². The molecule has 2 amide bonds. The molecule has 0 bridgehead atoms. The van der Waals surface area contributed by atoms with Crippen molar-refractivity contribution in [3.05, 3.63) is 113 Å². The van der Waals surface area contributed by atoms with E-state index in [0.29, 0.717) is 29.2 Å². The summed E-state index contributed by atoms with van der Waals surface area (Å²) in [5.41, 5.74) is 4.84. The first-order valence-electron chi connectivity index (χ1n) is 11.0. The Morgan fingerprint density at radius 3 is 2.50 bits per heavy atom. The third-order valence-corrected chi connectivity index (χ3v) is 5.93. The topological polar surface area (TPSA) is 71.3 Å². The first-order valence-corrected chi connectivity index (χ1v) is 11.0. The monoisotopic (exact) mass is 454 g/mol. The molecule has 34 heavy (non-hydrogen) atoms. The van der Waals surface area contributed by atoms with E-state index in [0.717, 1.165) is 16.7 Å². The van der Waals surface area contributed by atoms with E-state index in [1.807, 2.05) is 68.4 Å². The van der Waals surface area contributed by atoms with Crippen LogP contribution in [0.15, 0.2) is 89.1 Å². The number of hydrogen-bond donors (Lipinski definition) is 1. The molecule has 6 nitrogen and oxygen atoms in total. The van der Waals surface area contributed by atoms with Crippen LogP contribution < -0.4 is 5.32 Å². The van der Waals surface area contributed by atoms with Gasteiger partial charge in [0.05, 0.1) is 18.2 Å². The summed E-state index contributed by atoms with van der Waals surface area (Å²) in [6.45, 7) is 4.24. The van der Waals surface area contributed by atoms with E-state index in [2.05, 4.69) is 15.5 Å². The summed E-state index contributed by atoms with van der Waals surface area (Å²) in [6, 6.07) is 22.8. The molecule has 0 aliphatic carbocycles. The quantitative estimate of drug-likeness (QED) is 0.409. The van der Waals surface area contributed by atoms with Crippen molar-refractivity contribution in [1.82, 2.24) is 20.4 Å². The van der Waals surface area contributed by atoms with Gasteiger partial charge in [0.2, 0.25) is 5.82 Å². The standard InChI is InChI=1S/C27H23FN4O2/c1-17-11-13-19(14-12-17)16-32-18(2)23(24(29-27(32)33)21-9-6-10-22(28)15-21)26-30-25(31-34-26)20-7-4-3-5-8-20/h3-15,24H,16H2,1-2H3,(H,29,33). The Morgan fingerprint density at radius 2 is 1.76 bits per heavy atom. The maximum atomic E-state index is 14.1. The number of nitrogens with one attached hydrogen (secondary N) is 1. The van der Waals surface area contributed by atoms with E-state index >= 15 is 0 Å². The van der Waals surface area contributed by atoms with Crippen LogP contribution in [0.4, 0.5) is 9.18 Å². The molecule has 0 saturated heterocycles. The number of rotatable bonds is 5. The van der Waals surface area contributed by atoms with Crippen molar-refractivity contribution in [3.63, 3.8) is 0 Å². The second-order valence-electron chi connectivity index (χ2n) is 8.30. The average Bonchev–Trinajstić information content (AvgIpc) is 3.33. The van der Waals surface area contributed by atoms with Crippen LogP contribution in [0.5, 0.6) is 0 Å². The molecule has 1 N–H and O–H groups in total. The smallest absolute Gasteiger partial charge is 0.322 e. The van der Waals surface area contributed by atoms with Crippen molar-refractivity contribution < 1.29 is 13.7 Å². The molecule has 0 saturated carbocycles. The highest BCUT2D eigenvalue weighted by molar-refractivity contribution is 5.86. The van der Waals surface area contributed by atoms with Gasteiger partial charge in [0, 0.05) is 11.3 Å². The number of allylic oxidation sites excluding steroid dienone is 1. The maximum Gasteiger partial charge on any atom is 0.322 e. The van der Waals surface area contributed by atoms with Gasteiger partial charge in [-0.2, -0.15) is 4.98 Å². The third-order valence-electron chi connectivity index (χ3n) is 5.93. The highest BCUT2D eigenvalue weighted by Gasteiger charge is 2.36. The second-order valence-corrected chi connectivity index (χ2v) is 8.30. The fourth-order valence-corrected chi connectivity index (χ4v) is 4.10. The first-order chi connectivity index (χ1) is 16.5. The van der Waals surface area contributed by atoms with Gasteiger partial charge in [-0.05, 0) is 37.1 Å². The van der Waals surface area contributed by atoms with E-state index in [1.54, 1.807) is 17.0 Å². The number of carbonyl (C=O) groups is 1.